The molecule has 0 radical (unpaired) electrons. The average molecular weight is 638 g/mol. The van der Waals surface area contributed by atoms with Crippen molar-refractivity contribution < 1.29 is 4.79 Å². The van der Waals surface area contributed by atoms with Gasteiger partial charge in [-0.3, -0.25) is 0 Å². The summed E-state index contributed by atoms with van der Waals surface area (Å²) in [6.45, 7) is 0. The van der Waals surface area contributed by atoms with E-state index in [0.29, 0.717) is 0 Å². The van der Waals surface area contributed by atoms with Gasteiger partial charge in [0.05, 0.1) is 0 Å². The minimum atomic E-state index is -3.67. The summed E-state index contributed by atoms with van der Waals surface area (Å²) in [5, 5.41) is 0. The third-order valence-corrected chi connectivity index (χ3v) is 22.0. The SMILES string of the molecule is O=C1[C@H]2C/C(=[CH]\[Sn]([c]3ccccc3)([c]3ccccc3)[c]3ccccc3)[C@H](Cc3ccccc3)[C@H]2N1c1ccccc1. The van der Waals surface area contributed by atoms with Gasteiger partial charge in [-0.05, 0) is 0 Å². The first-order valence-corrected chi connectivity index (χ1v) is 20.5. The van der Waals surface area contributed by atoms with Crippen LogP contribution < -0.4 is 15.6 Å². The fourth-order valence-electron chi connectivity index (χ4n) is 7.17. The molecule has 0 unspecified atom stereocenters. The van der Waals surface area contributed by atoms with Crippen LogP contribution in [0.4, 0.5) is 5.69 Å². The molecule has 200 valence electrons. The molecule has 2 nitrogen and oxygen atoms in total. The van der Waals surface area contributed by atoms with Crippen LogP contribution in [-0.4, -0.2) is 30.3 Å². The van der Waals surface area contributed by atoms with Gasteiger partial charge in [-0.2, -0.15) is 0 Å². The van der Waals surface area contributed by atoms with Gasteiger partial charge in [-0.1, -0.05) is 0 Å². The van der Waals surface area contributed by atoms with Crippen molar-refractivity contribution >= 4 is 40.7 Å². The second-order valence-electron chi connectivity index (χ2n) is 11.3. The van der Waals surface area contributed by atoms with E-state index < -0.39 is 18.4 Å². The van der Waals surface area contributed by atoms with E-state index in [9.17, 15) is 4.79 Å². The van der Waals surface area contributed by atoms with Gasteiger partial charge in [0.2, 0.25) is 0 Å². The molecule has 1 heterocycles. The number of hydrogen-bond donors (Lipinski definition) is 0. The van der Waals surface area contributed by atoms with Crippen LogP contribution in [0.15, 0.2) is 161 Å². The van der Waals surface area contributed by atoms with Gasteiger partial charge in [-0.25, -0.2) is 0 Å². The van der Waals surface area contributed by atoms with Crippen LogP contribution in [0, 0.1) is 11.8 Å². The predicted octanol–water partition coefficient (Wildman–Crippen LogP) is 5.92. The van der Waals surface area contributed by atoms with Crippen LogP contribution in [0.1, 0.15) is 12.0 Å². The Hall–Kier alpha value is -3.89. The normalized spacial score (nSPS) is 21.0. The second kappa shape index (κ2) is 11.2. The van der Waals surface area contributed by atoms with E-state index in [-0.39, 0.29) is 23.8 Å². The van der Waals surface area contributed by atoms with Gasteiger partial charge in [0.1, 0.15) is 0 Å². The van der Waals surface area contributed by atoms with E-state index in [1.165, 1.54) is 21.9 Å². The molecule has 3 heteroatoms. The van der Waals surface area contributed by atoms with E-state index in [0.717, 1.165) is 18.5 Å². The van der Waals surface area contributed by atoms with Crippen LogP contribution in [0.25, 0.3) is 0 Å². The molecule has 1 saturated carbocycles. The van der Waals surface area contributed by atoms with E-state index >= 15 is 0 Å². The van der Waals surface area contributed by atoms with E-state index in [1.54, 1.807) is 0 Å². The minimum absolute atomic E-state index is 0.0430. The number of nitrogens with zero attached hydrogens (tertiary/aromatic N) is 1. The van der Waals surface area contributed by atoms with Crippen molar-refractivity contribution in [3.63, 3.8) is 0 Å². The molecular formula is C38H33NOSn. The summed E-state index contributed by atoms with van der Waals surface area (Å²) in [5.74, 6) is 0.580. The molecule has 2 aliphatic rings. The number of benzene rings is 5. The molecule has 1 saturated heterocycles. The van der Waals surface area contributed by atoms with Crippen molar-refractivity contribution in [3.8, 4) is 0 Å². The van der Waals surface area contributed by atoms with Crippen LogP contribution in [0.3, 0.4) is 0 Å². The van der Waals surface area contributed by atoms with Crippen LogP contribution in [0.5, 0.6) is 0 Å². The molecule has 5 aromatic carbocycles. The van der Waals surface area contributed by atoms with Crippen LogP contribution >= 0.6 is 0 Å². The van der Waals surface area contributed by atoms with Gasteiger partial charge in [-0.15, -0.1) is 0 Å². The van der Waals surface area contributed by atoms with E-state index in [4.69, 9.17) is 0 Å². The summed E-state index contributed by atoms with van der Waals surface area (Å²) in [6.07, 6.45) is 1.78. The summed E-state index contributed by atoms with van der Waals surface area (Å²) in [5.41, 5.74) is 3.81. The number of amides is 1. The third-order valence-electron chi connectivity index (χ3n) is 9.03. The Bertz CT molecular complexity index is 1560. The first-order valence-electron chi connectivity index (χ1n) is 14.6. The molecule has 1 amide bonds. The fraction of sp³-hybridized carbons (Fsp3) is 0.132. The van der Waals surface area contributed by atoms with Gasteiger partial charge in [0.15, 0.2) is 0 Å². The van der Waals surface area contributed by atoms with Gasteiger partial charge in [0.25, 0.3) is 0 Å². The van der Waals surface area contributed by atoms with Crippen LogP contribution in [0.2, 0.25) is 0 Å². The van der Waals surface area contributed by atoms with Crippen molar-refractivity contribution in [2.45, 2.75) is 18.9 Å². The molecule has 3 atom stereocenters. The number of rotatable bonds is 7. The molecule has 41 heavy (non-hydrogen) atoms. The quantitative estimate of drug-likeness (QED) is 0.160. The Morgan fingerprint density at radius 2 is 1.05 bits per heavy atom. The van der Waals surface area contributed by atoms with Gasteiger partial charge >= 0.3 is 248 Å². The summed E-state index contributed by atoms with van der Waals surface area (Å²) in [6, 6.07) is 54.8. The van der Waals surface area contributed by atoms with E-state index in [1.807, 2.05) is 18.2 Å². The molecule has 0 spiro atoms. The summed E-state index contributed by atoms with van der Waals surface area (Å²) < 4.78 is 7.05. The van der Waals surface area contributed by atoms with Crippen molar-refractivity contribution in [2.75, 3.05) is 4.90 Å². The van der Waals surface area contributed by atoms with Crippen LogP contribution in [-0.2, 0) is 11.2 Å². The third kappa shape index (κ3) is 4.64. The molecule has 1 aliphatic heterocycles. The van der Waals surface area contributed by atoms with Crippen molar-refractivity contribution in [2.24, 2.45) is 11.8 Å². The topological polar surface area (TPSA) is 20.3 Å². The molecule has 0 aromatic heterocycles. The Morgan fingerprint density at radius 3 is 1.54 bits per heavy atom. The van der Waals surface area contributed by atoms with E-state index in [2.05, 4.69) is 142 Å². The Balaban J connectivity index is 1.44. The zero-order valence-corrected chi connectivity index (χ0v) is 25.9. The fourth-order valence-corrected chi connectivity index (χ4v) is 20.1. The number of β-lactam (4-membered cyclic amide) rings is 1. The zero-order chi connectivity index (χ0) is 27.6. The average Bonchev–Trinajstić information content (AvgIpc) is 3.34. The molecular weight excluding hydrogens is 605 g/mol. The summed E-state index contributed by atoms with van der Waals surface area (Å²) in [4.78, 5) is 15.8. The number of carbonyl (C=O) groups is 1. The Morgan fingerprint density at radius 1 is 0.610 bits per heavy atom. The summed E-state index contributed by atoms with van der Waals surface area (Å²) >= 11 is -3.67. The monoisotopic (exact) mass is 639 g/mol. The first kappa shape index (κ1) is 26.0. The Labute approximate surface area is 246 Å². The number of anilines is 1. The standard InChI is InChI=1S/C20H18NO.3C6H5.Sn/c1-14-12-18-19(17(14)13-15-8-4-2-5-9-15)21(20(18)22)16-10-6-3-7-11-16;3*1-2-4-6-5-3-1;/h1-11,17-19H,12-13H2;3*1-5H;/t17-,18-,19+;;;;/m0..../s1. The van der Waals surface area contributed by atoms with Crippen molar-refractivity contribution in [1.82, 2.24) is 0 Å². The molecule has 5 aromatic rings. The second-order valence-corrected chi connectivity index (χ2v) is 21.6. The van der Waals surface area contributed by atoms with Crippen molar-refractivity contribution in [3.05, 3.63) is 167 Å². The number of hydrogen-bond acceptors (Lipinski definition) is 1. The number of fused-ring (bicyclic) bond motifs is 1. The molecule has 1 aliphatic carbocycles. The van der Waals surface area contributed by atoms with Crippen molar-refractivity contribution in [1.29, 1.82) is 0 Å². The molecule has 7 rings (SSSR count). The first-order chi connectivity index (χ1) is 20.3. The molecule has 2 fully saturated rings. The zero-order valence-electron chi connectivity index (χ0n) is 23.0. The Kier molecular flexibility index (Phi) is 7.10. The maximum atomic E-state index is 13.7. The number of carbonyl (C=O) groups excluding carboxylic acids is 1. The van der Waals surface area contributed by atoms with Gasteiger partial charge < -0.3 is 0 Å². The van der Waals surface area contributed by atoms with Gasteiger partial charge in [0, 0.05) is 0 Å². The molecule has 0 bridgehead atoms. The predicted molar refractivity (Wildman–Crippen MR) is 172 cm³/mol. The number of para-hydroxylation sites is 1. The summed E-state index contributed by atoms with van der Waals surface area (Å²) in [7, 11) is 0. The molecule has 0 N–H and O–H groups in total. The maximum absolute atomic E-state index is 13.7.